The fourth-order valence-electron chi connectivity index (χ4n) is 2.07. The second kappa shape index (κ2) is 9.08. The minimum Gasteiger partial charge on any atom is -0.312 e. The normalized spacial score (nSPS) is 28.1. The van der Waals surface area contributed by atoms with Crippen molar-refractivity contribution in [3.63, 3.8) is 0 Å². The van der Waals surface area contributed by atoms with Gasteiger partial charge >= 0.3 is 17.1 Å². The molecular weight excluding hydrogens is 306 g/mol. The summed E-state index contributed by atoms with van der Waals surface area (Å²) < 4.78 is 0. The molecule has 3 aliphatic rings. The van der Waals surface area contributed by atoms with E-state index in [1.807, 2.05) is 43.9 Å². The van der Waals surface area contributed by atoms with E-state index in [1.54, 1.807) is 0 Å². The van der Waals surface area contributed by atoms with E-state index in [1.165, 1.54) is 16.9 Å². The second-order valence-electron chi connectivity index (χ2n) is 5.99. The third-order valence-electron chi connectivity index (χ3n) is 3.41. The van der Waals surface area contributed by atoms with Gasteiger partial charge in [-0.1, -0.05) is 20.8 Å². The Bertz CT molecular complexity index is 239. The summed E-state index contributed by atoms with van der Waals surface area (Å²) in [5.74, 6) is 2.64. The zero-order chi connectivity index (χ0) is 13.7. The number of rotatable bonds is 0. The molecule has 0 aromatic carbocycles. The maximum Gasteiger partial charge on any atom is 2.00 e. The van der Waals surface area contributed by atoms with Crippen LogP contribution in [0.4, 0.5) is 0 Å². The van der Waals surface area contributed by atoms with Crippen LogP contribution in [0.5, 0.6) is 0 Å². The molecule has 108 valence electrons. The summed E-state index contributed by atoms with van der Waals surface area (Å²) in [6.07, 6.45) is 16.6. The van der Waals surface area contributed by atoms with Gasteiger partial charge in [0.25, 0.3) is 0 Å². The molecule has 1 nitrogen and oxygen atoms in total. The van der Waals surface area contributed by atoms with Crippen LogP contribution in [-0.4, -0.2) is 18.3 Å². The number of hydrogen-bond donors (Lipinski definition) is 1. The van der Waals surface area contributed by atoms with Gasteiger partial charge in [0, 0.05) is 29.5 Å². The molecule has 0 unspecified atom stereocenters. The fourth-order valence-corrected chi connectivity index (χ4v) is 3.53. The van der Waals surface area contributed by atoms with Crippen molar-refractivity contribution in [1.82, 2.24) is 5.32 Å². The molecular formula is C17H23FeNS+2. The minimum absolute atomic E-state index is 0. The van der Waals surface area contributed by atoms with Crippen LogP contribution in [0.2, 0.25) is 0 Å². The summed E-state index contributed by atoms with van der Waals surface area (Å²) in [5.41, 5.74) is 0.358. The molecule has 1 atom stereocenters. The van der Waals surface area contributed by atoms with Crippen LogP contribution in [0, 0.1) is 67.9 Å². The fraction of sp³-hybridized carbons (Fsp3) is 0.412. The molecule has 1 N–H and O–H groups in total. The van der Waals surface area contributed by atoms with Gasteiger partial charge in [-0.15, -0.1) is 0 Å². The second-order valence-corrected chi connectivity index (χ2v) is 7.05. The van der Waals surface area contributed by atoms with Gasteiger partial charge in [0.2, 0.25) is 0 Å². The average Bonchev–Trinajstić information content (AvgIpc) is 3.00. The molecule has 1 saturated heterocycles. The first-order chi connectivity index (χ1) is 9.07. The van der Waals surface area contributed by atoms with E-state index in [2.05, 4.69) is 45.4 Å². The molecule has 1 aliphatic heterocycles. The molecule has 1 heterocycles. The van der Waals surface area contributed by atoms with Crippen LogP contribution in [0.15, 0.2) is 0 Å². The molecule has 0 spiro atoms. The van der Waals surface area contributed by atoms with Gasteiger partial charge in [-0.2, -0.15) is 11.8 Å². The average molecular weight is 329 g/mol. The predicted molar refractivity (Wildman–Crippen MR) is 84.6 cm³/mol. The van der Waals surface area contributed by atoms with Crippen LogP contribution < -0.4 is 5.32 Å². The van der Waals surface area contributed by atoms with Crippen molar-refractivity contribution in [2.24, 2.45) is 5.41 Å². The van der Waals surface area contributed by atoms with Crippen molar-refractivity contribution in [1.29, 1.82) is 0 Å². The van der Waals surface area contributed by atoms with Crippen LogP contribution in [-0.2, 0) is 17.1 Å². The van der Waals surface area contributed by atoms with Crippen molar-refractivity contribution in [2.45, 2.75) is 26.8 Å². The quantitative estimate of drug-likeness (QED) is 0.683. The Labute approximate surface area is 141 Å². The minimum atomic E-state index is 0. The largest absolute Gasteiger partial charge is 2.00 e. The third kappa shape index (κ3) is 5.91. The van der Waals surface area contributed by atoms with E-state index >= 15 is 0 Å². The van der Waals surface area contributed by atoms with Crippen LogP contribution in [0.3, 0.4) is 0 Å². The molecule has 3 rings (SSSR count). The van der Waals surface area contributed by atoms with E-state index in [-0.39, 0.29) is 17.1 Å². The molecule has 20 heavy (non-hydrogen) atoms. The van der Waals surface area contributed by atoms with Crippen molar-refractivity contribution in [3.05, 3.63) is 62.5 Å². The Balaban J connectivity index is 0.000000283. The first-order valence-corrected chi connectivity index (χ1v) is 7.83. The smallest absolute Gasteiger partial charge is 0.312 e. The first kappa shape index (κ1) is 18.9. The van der Waals surface area contributed by atoms with Crippen molar-refractivity contribution < 1.29 is 17.1 Å². The van der Waals surface area contributed by atoms with Gasteiger partial charge < -0.3 is 5.32 Å². The predicted octanol–water partition coefficient (Wildman–Crippen LogP) is 3.49. The van der Waals surface area contributed by atoms with Gasteiger partial charge in [-0.05, 0) is 56.8 Å². The van der Waals surface area contributed by atoms with Crippen molar-refractivity contribution in [3.8, 4) is 0 Å². The summed E-state index contributed by atoms with van der Waals surface area (Å²) >= 11 is 1.99. The summed E-state index contributed by atoms with van der Waals surface area (Å²) in [7, 11) is 0. The van der Waals surface area contributed by atoms with Gasteiger partial charge in [0.1, 0.15) is 0 Å². The Kier molecular flexibility index (Phi) is 8.57. The molecule has 3 heteroatoms. The van der Waals surface area contributed by atoms with E-state index in [0.717, 1.165) is 6.54 Å². The standard InChI is InChI=1S/C12H18NS.C5H5.Fe/c1-12(2,3)11-8-14-10-6-4-5-9(10)7-13-11;1-2-4-5-3-1;/h4-6,11,13H,7-8H2,1-3H3;1-5H;/q;;+2/t11-;;/m1../s1. The monoisotopic (exact) mass is 329 g/mol. The van der Waals surface area contributed by atoms with Gasteiger partial charge in [-0.3, -0.25) is 0 Å². The first-order valence-electron chi connectivity index (χ1n) is 6.85. The molecule has 2 saturated carbocycles. The van der Waals surface area contributed by atoms with Crippen molar-refractivity contribution in [2.75, 3.05) is 12.3 Å². The van der Waals surface area contributed by atoms with E-state index in [4.69, 9.17) is 0 Å². The third-order valence-corrected chi connectivity index (χ3v) is 4.62. The summed E-state index contributed by atoms with van der Waals surface area (Å²) in [4.78, 5) is 0. The molecule has 10 radical (unpaired) electrons. The number of hydrogen-bond acceptors (Lipinski definition) is 2. The summed E-state index contributed by atoms with van der Waals surface area (Å²) in [5, 5.41) is 5.11. The molecule has 0 amide bonds. The van der Waals surface area contributed by atoms with Crippen LogP contribution in [0.1, 0.15) is 20.8 Å². The Morgan fingerprint density at radius 3 is 2.15 bits per heavy atom. The van der Waals surface area contributed by atoms with Gasteiger partial charge in [-0.25, -0.2) is 0 Å². The molecule has 0 bridgehead atoms. The molecule has 0 aromatic heterocycles. The Morgan fingerprint density at radius 1 is 1.00 bits per heavy atom. The van der Waals surface area contributed by atoms with Crippen LogP contribution in [0.25, 0.3) is 0 Å². The summed E-state index contributed by atoms with van der Waals surface area (Å²) in [6.45, 7) is 7.95. The van der Waals surface area contributed by atoms with Gasteiger partial charge in [0.05, 0.1) is 0 Å². The number of fused-ring (bicyclic) bond motifs is 1. The molecule has 3 fully saturated rings. The Morgan fingerprint density at radius 2 is 1.60 bits per heavy atom. The van der Waals surface area contributed by atoms with E-state index < -0.39 is 0 Å². The Hall–Kier alpha value is 0.829. The van der Waals surface area contributed by atoms with E-state index in [9.17, 15) is 0 Å². The molecule has 2 aliphatic carbocycles. The zero-order valence-corrected chi connectivity index (χ0v) is 14.3. The van der Waals surface area contributed by atoms with E-state index in [0.29, 0.717) is 11.5 Å². The topological polar surface area (TPSA) is 12.0 Å². The number of nitrogens with one attached hydrogen (secondary N) is 1. The van der Waals surface area contributed by atoms with Gasteiger partial charge in [0.15, 0.2) is 0 Å². The van der Waals surface area contributed by atoms with Crippen LogP contribution >= 0.6 is 11.8 Å². The van der Waals surface area contributed by atoms with Crippen molar-refractivity contribution >= 4 is 11.8 Å². The number of thioether (sulfide) groups is 1. The zero-order valence-electron chi connectivity index (χ0n) is 12.4. The molecule has 0 aromatic rings. The maximum absolute atomic E-state index is 3.64. The SMILES string of the molecule is CC(C)(C)[C@H]1CS[C]2[CH][CH][CH][C]2CN1.[CH]1[CH][CH][CH][CH]1.[Fe+2]. The maximum atomic E-state index is 3.64. The summed E-state index contributed by atoms with van der Waals surface area (Å²) in [6, 6.07) is 0.611.